The van der Waals surface area contributed by atoms with E-state index in [1.807, 2.05) is 19.1 Å². The first-order valence-corrected chi connectivity index (χ1v) is 12.0. The standard InChI is InChI=1S/C20H23B.C10H11FN2/c1-16-10-5-7-12-18(16)20(14-4-3-9-15-21)19-13-8-6-11-17(19)2;1-9-4-2-3-5-10(9,11)13-7-6-12-8-13/h3-8,10-13,20H,9,14-15H2,1-2H3;2-9H,1H3. The van der Waals surface area contributed by atoms with Crippen molar-refractivity contribution in [2.75, 3.05) is 0 Å². The van der Waals surface area contributed by atoms with E-state index in [0.717, 1.165) is 19.2 Å². The second-order valence-corrected chi connectivity index (χ2v) is 8.78. The smallest absolute Gasteiger partial charge is 0.212 e. The molecule has 2 nitrogen and oxygen atoms in total. The van der Waals surface area contributed by atoms with Crippen LogP contribution in [0.1, 0.15) is 47.9 Å². The average molecular weight is 452 g/mol. The molecule has 1 aromatic heterocycles. The van der Waals surface area contributed by atoms with Gasteiger partial charge in [0.1, 0.15) is 0 Å². The topological polar surface area (TPSA) is 17.8 Å². The number of imidazole rings is 1. The molecule has 0 spiro atoms. The molecule has 4 heteroatoms. The van der Waals surface area contributed by atoms with Crippen LogP contribution in [0.5, 0.6) is 0 Å². The molecule has 2 unspecified atom stereocenters. The number of aromatic nitrogens is 2. The van der Waals surface area contributed by atoms with Gasteiger partial charge in [-0.3, -0.25) is 0 Å². The highest BCUT2D eigenvalue weighted by Gasteiger charge is 2.34. The molecule has 0 N–H and O–H groups in total. The minimum Gasteiger partial charge on any atom is -0.300 e. The summed E-state index contributed by atoms with van der Waals surface area (Å²) in [5, 5.41) is 0. The lowest BCUT2D eigenvalue weighted by atomic mass is 9.84. The van der Waals surface area contributed by atoms with E-state index in [-0.39, 0.29) is 5.92 Å². The number of hydrogen-bond donors (Lipinski definition) is 0. The van der Waals surface area contributed by atoms with Crippen molar-refractivity contribution in [3.8, 4) is 0 Å². The lowest BCUT2D eigenvalue weighted by Gasteiger charge is -2.29. The molecule has 2 radical (unpaired) electrons. The van der Waals surface area contributed by atoms with Gasteiger partial charge in [-0.05, 0) is 55.0 Å². The van der Waals surface area contributed by atoms with Crippen molar-refractivity contribution in [1.29, 1.82) is 0 Å². The van der Waals surface area contributed by atoms with E-state index in [9.17, 15) is 4.39 Å². The first kappa shape index (κ1) is 25.5. The maximum absolute atomic E-state index is 14.3. The molecule has 2 atom stereocenters. The molecule has 34 heavy (non-hydrogen) atoms. The van der Waals surface area contributed by atoms with E-state index < -0.39 is 5.79 Å². The van der Waals surface area contributed by atoms with Crippen LogP contribution in [0.2, 0.25) is 6.32 Å². The summed E-state index contributed by atoms with van der Waals surface area (Å²) in [5.74, 6) is -1.20. The third-order valence-electron chi connectivity index (χ3n) is 6.38. The van der Waals surface area contributed by atoms with E-state index in [0.29, 0.717) is 5.92 Å². The monoisotopic (exact) mass is 452 g/mol. The number of allylic oxidation sites excluding steroid dienone is 6. The number of alkyl halides is 1. The van der Waals surface area contributed by atoms with Crippen molar-refractivity contribution in [2.24, 2.45) is 5.92 Å². The number of hydrogen-bond acceptors (Lipinski definition) is 1. The van der Waals surface area contributed by atoms with Crippen molar-refractivity contribution < 1.29 is 4.39 Å². The summed E-state index contributed by atoms with van der Waals surface area (Å²) in [6, 6.07) is 17.4. The molecule has 0 aliphatic heterocycles. The Morgan fingerprint density at radius 3 is 2.21 bits per heavy atom. The van der Waals surface area contributed by atoms with Gasteiger partial charge in [-0.25, -0.2) is 9.37 Å². The van der Waals surface area contributed by atoms with Crippen LogP contribution in [0.3, 0.4) is 0 Å². The predicted molar refractivity (Wildman–Crippen MR) is 142 cm³/mol. The molecule has 0 fully saturated rings. The Kier molecular flexibility index (Phi) is 9.27. The van der Waals surface area contributed by atoms with Gasteiger partial charge in [0, 0.05) is 24.2 Å². The Bertz CT molecular complexity index is 1070. The summed E-state index contributed by atoms with van der Waals surface area (Å²) < 4.78 is 15.8. The lowest BCUT2D eigenvalue weighted by Crippen LogP contribution is -2.32. The van der Waals surface area contributed by atoms with Gasteiger partial charge in [-0.1, -0.05) is 92.2 Å². The highest BCUT2D eigenvalue weighted by Crippen LogP contribution is 2.34. The zero-order chi connectivity index (χ0) is 24.4. The quantitative estimate of drug-likeness (QED) is 0.266. The van der Waals surface area contributed by atoms with Gasteiger partial charge < -0.3 is 4.57 Å². The first-order valence-electron chi connectivity index (χ1n) is 12.0. The Hall–Kier alpha value is -3.14. The number of aryl methyl sites for hydroxylation is 2. The summed E-state index contributed by atoms with van der Waals surface area (Å²) in [6.07, 6.45) is 18.9. The van der Waals surface area contributed by atoms with Crippen molar-refractivity contribution >= 4 is 7.85 Å². The molecule has 174 valence electrons. The van der Waals surface area contributed by atoms with Gasteiger partial charge in [0.15, 0.2) is 0 Å². The fourth-order valence-corrected chi connectivity index (χ4v) is 4.31. The number of benzene rings is 2. The largest absolute Gasteiger partial charge is 0.300 e. The molecular formula is C30H34BFN2. The molecule has 1 aliphatic rings. The van der Waals surface area contributed by atoms with Crippen LogP contribution in [0.25, 0.3) is 0 Å². The highest BCUT2D eigenvalue weighted by molar-refractivity contribution is 6.08. The molecule has 0 amide bonds. The fourth-order valence-electron chi connectivity index (χ4n) is 4.31. The van der Waals surface area contributed by atoms with Crippen LogP contribution in [0.15, 0.2) is 104 Å². The van der Waals surface area contributed by atoms with Gasteiger partial charge in [-0.2, -0.15) is 0 Å². The summed E-state index contributed by atoms with van der Waals surface area (Å²) in [7, 11) is 5.56. The number of nitrogens with zero attached hydrogens (tertiary/aromatic N) is 2. The predicted octanol–water partition coefficient (Wildman–Crippen LogP) is 7.63. The highest BCUT2D eigenvalue weighted by atomic mass is 19.1. The van der Waals surface area contributed by atoms with E-state index in [1.165, 1.54) is 33.1 Å². The average Bonchev–Trinajstić information content (AvgIpc) is 3.39. The van der Waals surface area contributed by atoms with Crippen LogP contribution in [-0.2, 0) is 5.79 Å². The third kappa shape index (κ3) is 6.25. The first-order chi connectivity index (χ1) is 16.5. The molecule has 0 bridgehead atoms. The van der Waals surface area contributed by atoms with Gasteiger partial charge >= 0.3 is 0 Å². The van der Waals surface area contributed by atoms with Crippen LogP contribution in [-0.4, -0.2) is 17.4 Å². The molecular weight excluding hydrogens is 418 g/mol. The number of halogens is 1. The fraction of sp³-hybridized carbons (Fsp3) is 0.300. The van der Waals surface area contributed by atoms with Crippen molar-refractivity contribution in [3.63, 3.8) is 0 Å². The molecule has 1 aliphatic carbocycles. The second kappa shape index (κ2) is 12.4. The van der Waals surface area contributed by atoms with Gasteiger partial charge in [-0.15, -0.1) is 0 Å². The minimum atomic E-state index is -1.45. The molecule has 3 aromatic rings. The van der Waals surface area contributed by atoms with Gasteiger partial charge in [0.2, 0.25) is 5.79 Å². The lowest BCUT2D eigenvalue weighted by molar-refractivity contribution is 0.0840. The molecule has 0 saturated carbocycles. The van der Waals surface area contributed by atoms with Crippen LogP contribution < -0.4 is 0 Å². The zero-order valence-corrected chi connectivity index (χ0v) is 20.4. The van der Waals surface area contributed by atoms with E-state index in [2.05, 4.69) is 79.5 Å². The molecule has 4 rings (SSSR count). The summed E-state index contributed by atoms with van der Waals surface area (Å²) >= 11 is 0. The van der Waals surface area contributed by atoms with Crippen LogP contribution in [0, 0.1) is 19.8 Å². The Balaban J connectivity index is 0.000000212. The Morgan fingerprint density at radius 2 is 1.68 bits per heavy atom. The third-order valence-corrected chi connectivity index (χ3v) is 6.38. The molecule has 1 heterocycles. The molecule has 2 aromatic carbocycles. The van der Waals surface area contributed by atoms with Crippen molar-refractivity contribution in [1.82, 2.24) is 9.55 Å². The van der Waals surface area contributed by atoms with Gasteiger partial charge in [0.05, 0.1) is 14.2 Å². The number of rotatable bonds is 7. The molecule has 0 saturated heterocycles. The summed E-state index contributed by atoms with van der Waals surface area (Å²) in [6.45, 7) is 6.24. The van der Waals surface area contributed by atoms with Gasteiger partial charge in [0.25, 0.3) is 0 Å². The maximum atomic E-state index is 14.3. The van der Waals surface area contributed by atoms with E-state index in [1.54, 1.807) is 24.5 Å². The maximum Gasteiger partial charge on any atom is 0.212 e. The van der Waals surface area contributed by atoms with Crippen molar-refractivity contribution in [3.05, 3.63) is 126 Å². The summed E-state index contributed by atoms with van der Waals surface area (Å²) in [4.78, 5) is 3.84. The van der Waals surface area contributed by atoms with Crippen molar-refractivity contribution in [2.45, 2.75) is 51.6 Å². The summed E-state index contributed by atoms with van der Waals surface area (Å²) in [5.41, 5.74) is 5.56. The SMILES string of the molecule is CC1C=CC=CC1(F)n1ccnc1.[B]CCC=CCC(c1ccccc1C)c1ccccc1C. The minimum absolute atomic E-state index is 0.160. The van der Waals surface area contributed by atoms with E-state index >= 15 is 0 Å². The normalized spacial score (nSPS) is 19.4. The van der Waals surface area contributed by atoms with Crippen LogP contribution in [0.4, 0.5) is 4.39 Å². The Morgan fingerprint density at radius 1 is 1.03 bits per heavy atom. The second-order valence-electron chi connectivity index (χ2n) is 8.78. The van der Waals surface area contributed by atoms with E-state index in [4.69, 9.17) is 7.85 Å². The Labute approximate surface area is 205 Å². The zero-order valence-electron chi connectivity index (χ0n) is 20.4. The van der Waals surface area contributed by atoms with Crippen LogP contribution >= 0.6 is 0 Å².